The number of halogens is 1. The van der Waals surface area contributed by atoms with Crippen molar-refractivity contribution in [2.45, 2.75) is 26.5 Å². The van der Waals surface area contributed by atoms with E-state index in [2.05, 4.69) is 16.0 Å². The monoisotopic (exact) mass is 455 g/mol. The van der Waals surface area contributed by atoms with E-state index in [9.17, 15) is 4.79 Å². The summed E-state index contributed by atoms with van der Waals surface area (Å²) in [4.78, 5) is 21.6. The molecular weight excluding hydrogens is 430 g/mol. The maximum atomic E-state index is 12.7. The van der Waals surface area contributed by atoms with Gasteiger partial charge in [0.15, 0.2) is 0 Å². The van der Waals surface area contributed by atoms with Crippen molar-refractivity contribution in [1.29, 1.82) is 0 Å². The largest absolute Gasteiger partial charge is 0.486 e. The molecule has 0 bridgehead atoms. The van der Waals surface area contributed by atoms with Gasteiger partial charge >= 0.3 is 0 Å². The van der Waals surface area contributed by atoms with Gasteiger partial charge in [0.05, 0.1) is 12.1 Å². The second kappa shape index (κ2) is 10.3. The molecule has 2 aromatic carbocycles. The molecule has 1 aliphatic heterocycles. The number of amides is 1. The Morgan fingerprint density at radius 3 is 2.65 bits per heavy atom. The third-order valence-corrected chi connectivity index (χ3v) is 6.44. The molecule has 1 saturated heterocycles. The van der Waals surface area contributed by atoms with Crippen molar-refractivity contribution < 1.29 is 9.53 Å². The lowest BCUT2D eigenvalue weighted by atomic mass is 10.2. The van der Waals surface area contributed by atoms with E-state index in [1.165, 1.54) is 22.5 Å². The Kier molecular flexibility index (Phi) is 7.22. The van der Waals surface area contributed by atoms with Crippen molar-refractivity contribution in [1.82, 2.24) is 14.8 Å². The maximum absolute atomic E-state index is 12.7. The Morgan fingerprint density at radius 2 is 1.90 bits per heavy atom. The summed E-state index contributed by atoms with van der Waals surface area (Å²) in [5.41, 5.74) is 3.22. The van der Waals surface area contributed by atoms with Gasteiger partial charge in [0, 0.05) is 43.1 Å². The van der Waals surface area contributed by atoms with Crippen LogP contribution in [0.4, 0.5) is 0 Å². The predicted molar refractivity (Wildman–Crippen MR) is 125 cm³/mol. The molecule has 7 heteroatoms. The number of piperazine rings is 1. The van der Waals surface area contributed by atoms with Crippen LogP contribution in [0, 0.1) is 6.92 Å². The summed E-state index contributed by atoms with van der Waals surface area (Å²) in [6.07, 6.45) is 0.343. The zero-order valence-electron chi connectivity index (χ0n) is 17.6. The number of carbonyl (C=O) groups is 1. The Bertz CT molecular complexity index is 1010. The van der Waals surface area contributed by atoms with Crippen LogP contribution in [0.25, 0.3) is 0 Å². The summed E-state index contributed by atoms with van der Waals surface area (Å²) in [7, 11) is 0. The molecule has 2 heterocycles. The van der Waals surface area contributed by atoms with Crippen molar-refractivity contribution in [2.75, 3.05) is 26.2 Å². The van der Waals surface area contributed by atoms with Gasteiger partial charge in [-0.1, -0.05) is 41.4 Å². The number of hydrogen-bond donors (Lipinski definition) is 0. The van der Waals surface area contributed by atoms with Crippen LogP contribution in [-0.2, 0) is 24.4 Å². The number of rotatable bonds is 7. The van der Waals surface area contributed by atoms with Gasteiger partial charge in [-0.2, -0.15) is 0 Å². The topological polar surface area (TPSA) is 45.7 Å². The third kappa shape index (κ3) is 6.29. The number of hydrogen-bond acceptors (Lipinski definition) is 5. The fraction of sp³-hybridized carbons (Fsp3) is 0.333. The minimum Gasteiger partial charge on any atom is -0.486 e. The van der Waals surface area contributed by atoms with Crippen molar-refractivity contribution in [2.24, 2.45) is 0 Å². The second-order valence-corrected chi connectivity index (χ2v) is 9.18. The summed E-state index contributed by atoms with van der Waals surface area (Å²) in [5.74, 6) is 0.966. The molecule has 0 aliphatic carbocycles. The fourth-order valence-electron chi connectivity index (χ4n) is 3.59. The van der Waals surface area contributed by atoms with Crippen molar-refractivity contribution in [3.8, 4) is 5.75 Å². The van der Waals surface area contributed by atoms with Crippen molar-refractivity contribution in [3.05, 3.63) is 80.8 Å². The highest BCUT2D eigenvalue weighted by molar-refractivity contribution is 7.09. The van der Waals surface area contributed by atoms with E-state index >= 15 is 0 Å². The lowest BCUT2D eigenvalue weighted by molar-refractivity contribution is -0.132. The van der Waals surface area contributed by atoms with Crippen LogP contribution in [0.15, 0.2) is 53.9 Å². The molecule has 162 valence electrons. The number of nitrogens with zero attached hydrogens (tertiary/aromatic N) is 3. The Morgan fingerprint density at radius 1 is 1.13 bits per heavy atom. The van der Waals surface area contributed by atoms with Gasteiger partial charge in [0.1, 0.15) is 17.4 Å². The summed E-state index contributed by atoms with van der Waals surface area (Å²) in [6.45, 7) is 6.55. The molecular formula is C24H26ClN3O2S. The first kappa shape index (κ1) is 21.8. The van der Waals surface area contributed by atoms with Crippen molar-refractivity contribution >= 4 is 28.8 Å². The number of carbonyl (C=O) groups excluding carboxylic acids is 1. The van der Waals surface area contributed by atoms with E-state index in [0.29, 0.717) is 13.0 Å². The molecule has 1 aliphatic rings. The predicted octanol–water partition coefficient (Wildman–Crippen LogP) is 4.57. The molecule has 1 amide bonds. The van der Waals surface area contributed by atoms with Crippen LogP contribution < -0.4 is 4.74 Å². The molecule has 3 aromatic rings. The minimum absolute atomic E-state index is 0.138. The fourth-order valence-corrected chi connectivity index (χ4v) is 4.51. The summed E-state index contributed by atoms with van der Waals surface area (Å²) in [5, 5.41) is 3.61. The molecule has 0 N–H and O–H groups in total. The first-order valence-corrected chi connectivity index (χ1v) is 11.7. The highest BCUT2D eigenvalue weighted by Gasteiger charge is 2.22. The second-order valence-electron chi connectivity index (χ2n) is 7.80. The van der Waals surface area contributed by atoms with Gasteiger partial charge in [0.2, 0.25) is 5.91 Å². The van der Waals surface area contributed by atoms with Crippen LogP contribution in [0.1, 0.15) is 21.8 Å². The summed E-state index contributed by atoms with van der Waals surface area (Å²) >= 11 is 7.62. The zero-order valence-corrected chi connectivity index (χ0v) is 19.2. The molecule has 5 nitrogen and oxygen atoms in total. The molecule has 0 spiro atoms. The molecule has 0 unspecified atom stereocenters. The number of thiazole rings is 1. The highest BCUT2D eigenvalue weighted by atomic mass is 35.5. The smallest absolute Gasteiger partial charge is 0.228 e. The van der Waals surface area contributed by atoms with E-state index < -0.39 is 0 Å². The van der Waals surface area contributed by atoms with Gasteiger partial charge in [-0.25, -0.2) is 4.98 Å². The summed E-state index contributed by atoms with van der Waals surface area (Å²) < 4.78 is 5.79. The van der Waals surface area contributed by atoms with Gasteiger partial charge < -0.3 is 9.64 Å². The normalized spacial score (nSPS) is 14.6. The quantitative estimate of drug-likeness (QED) is 0.523. The van der Waals surface area contributed by atoms with Gasteiger partial charge in [-0.15, -0.1) is 11.3 Å². The Labute approximate surface area is 192 Å². The molecule has 31 heavy (non-hydrogen) atoms. The van der Waals surface area contributed by atoms with Gasteiger partial charge in [0.25, 0.3) is 0 Å². The molecule has 1 fully saturated rings. The minimum atomic E-state index is 0.138. The average Bonchev–Trinajstić information content (AvgIpc) is 3.21. The maximum Gasteiger partial charge on any atom is 0.228 e. The first-order valence-electron chi connectivity index (χ1n) is 10.4. The van der Waals surface area contributed by atoms with E-state index in [4.69, 9.17) is 16.3 Å². The Balaban J connectivity index is 1.22. The lowest BCUT2D eigenvalue weighted by Crippen LogP contribution is -2.48. The molecule has 0 radical (unpaired) electrons. The number of aryl methyl sites for hydroxylation is 1. The first-order chi connectivity index (χ1) is 15.0. The van der Waals surface area contributed by atoms with E-state index in [1.54, 1.807) is 0 Å². The van der Waals surface area contributed by atoms with E-state index in [-0.39, 0.29) is 5.91 Å². The van der Waals surface area contributed by atoms with Gasteiger partial charge in [-0.3, -0.25) is 9.69 Å². The third-order valence-electron chi connectivity index (χ3n) is 5.34. The number of benzene rings is 2. The van der Waals surface area contributed by atoms with Crippen LogP contribution >= 0.6 is 22.9 Å². The Hall–Kier alpha value is -2.41. The summed E-state index contributed by atoms with van der Waals surface area (Å²) in [6, 6.07) is 15.9. The zero-order chi connectivity index (χ0) is 21.6. The SMILES string of the molecule is Cc1ccc(OCc2nc(CC(=O)N3CCN(Cc4cccc(Cl)c4)CC3)cs2)cc1. The van der Waals surface area contributed by atoms with Gasteiger partial charge in [-0.05, 0) is 36.8 Å². The number of ether oxygens (including phenoxy) is 1. The van der Waals surface area contributed by atoms with Crippen LogP contribution in [0.5, 0.6) is 5.75 Å². The molecule has 4 rings (SSSR count). The van der Waals surface area contributed by atoms with E-state index in [0.717, 1.165) is 54.2 Å². The van der Waals surface area contributed by atoms with Crippen molar-refractivity contribution in [3.63, 3.8) is 0 Å². The molecule has 0 atom stereocenters. The van der Waals surface area contributed by atoms with E-state index in [1.807, 2.05) is 59.7 Å². The lowest BCUT2D eigenvalue weighted by Gasteiger charge is -2.34. The molecule has 1 aromatic heterocycles. The molecule has 0 saturated carbocycles. The average molecular weight is 456 g/mol. The van der Waals surface area contributed by atoms with Crippen LogP contribution in [-0.4, -0.2) is 46.9 Å². The highest BCUT2D eigenvalue weighted by Crippen LogP contribution is 2.18. The van der Waals surface area contributed by atoms with Crippen LogP contribution in [0.2, 0.25) is 5.02 Å². The van der Waals surface area contributed by atoms with Crippen LogP contribution in [0.3, 0.4) is 0 Å². The standard InChI is InChI=1S/C24H26ClN3O2S/c1-18-5-7-22(8-6-18)30-16-23-26-21(17-31-23)14-24(29)28-11-9-27(10-12-28)15-19-3-2-4-20(25)13-19/h2-8,13,17H,9-12,14-16H2,1H3. The number of aromatic nitrogens is 1.